The SMILES string of the molecule is COc1cccc(C2C3=C(CC(C)(C)CC3=O)Nc3ccccc3N2CC(=O)NCc2ccco2)c1. The molecular weight excluding hydrogens is 454 g/mol. The number of hydrogen-bond acceptors (Lipinski definition) is 6. The van der Waals surface area contributed by atoms with Gasteiger partial charge < -0.3 is 24.7 Å². The lowest BCUT2D eigenvalue weighted by Gasteiger charge is -2.38. The number of carbonyl (C=O) groups is 2. The van der Waals surface area contributed by atoms with Crippen LogP contribution in [0.5, 0.6) is 5.75 Å². The summed E-state index contributed by atoms with van der Waals surface area (Å²) in [6.45, 7) is 4.60. The van der Waals surface area contributed by atoms with Gasteiger partial charge in [-0.05, 0) is 53.8 Å². The van der Waals surface area contributed by atoms with Gasteiger partial charge >= 0.3 is 0 Å². The number of ketones is 1. The van der Waals surface area contributed by atoms with Crippen molar-refractivity contribution in [3.8, 4) is 5.75 Å². The van der Waals surface area contributed by atoms with Crippen molar-refractivity contribution in [3.05, 3.63) is 89.5 Å². The minimum absolute atomic E-state index is 0.0642. The molecule has 0 spiro atoms. The van der Waals surface area contributed by atoms with Crippen LogP contribution in [0.25, 0.3) is 0 Å². The lowest BCUT2D eigenvalue weighted by Crippen LogP contribution is -2.41. The first-order chi connectivity index (χ1) is 17.3. The van der Waals surface area contributed by atoms with Crippen LogP contribution in [0.2, 0.25) is 0 Å². The summed E-state index contributed by atoms with van der Waals surface area (Å²) in [5, 5.41) is 6.53. The molecule has 2 heterocycles. The standard InChI is InChI=1S/C29H31N3O4/c1-29(2)15-23-27(25(33)16-29)28(19-8-6-9-20(14-19)35-3)32(24-12-5-4-11-22(24)31-23)18-26(34)30-17-21-10-7-13-36-21/h4-14,28,31H,15-18H2,1-3H3,(H,30,34). The monoisotopic (exact) mass is 485 g/mol. The summed E-state index contributed by atoms with van der Waals surface area (Å²) in [4.78, 5) is 29.0. The Bertz CT molecular complexity index is 1310. The Kier molecular flexibility index (Phi) is 6.31. The highest BCUT2D eigenvalue weighted by atomic mass is 16.5. The van der Waals surface area contributed by atoms with Gasteiger partial charge in [-0.25, -0.2) is 0 Å². The average Bonchev–Trinajstić information content (AvgIpc) is 3.33. The Morgan fingerprint density at radius 2 is 1.97 bits per heavy atom. The number of fused-ring (bicyclic) bond motifs is 1. The van der Waals surface area contributed by atoms with Gasteiger partial charge in [-0.2, -0.15) is 0 Å². The van der Waals surface area contributed by atoms with Crippen LogP contribution in [0.1, 0.15) is 44.1 Å². The van der Waals surface area contributed by atoms with E-state index in [4.69, 9.17) is 9.15 Å². The maximum atomic E-state index is 13.7. The number of nitrogens with zero attached hydrogens (tertiary/aromatic N) is 1. The van der Waals surface area contributed by atoms with Gasteiger partial charge in [-0.3, -0.25) is 9.59 Å². The van der Waals surface area contributed by atoms with Crippen LogP contribution in [0.15, 0.2) is 82.6 Å². The number of hydrogen-bond donors (Lipinski definition) is 2. The summed E-state index contributed by atoms with van der Waals surface area (Å²) < 4.78 is 10.9. The van der Waals surface area contributed by atoms with E-state index in [1.165, 1.54) is 0 Å². The molecule has 5 rings (SSSR count). The fourth-order valence-electron chi connectivity index (χ4n) is 5.19. The van der Waals surface area contributed by atoms with Gasteiger partial charge in [-0.1, -0.05) is 38.1 Å². The van der Waals surface area contributed by atoms with Crippen molar-refractivity contribution in [3.63, 3.8) is 0 Å². The van der Waals surface area contributed by atoms with Crippen molar-refractivity contribution in [2.75, 3.05) is 23.9 Å². The second-order valence-electron chi connectivity index (χ2n) is 10.1. The second kappa shape index (κ2) is 9.57. The van der Waals surface area contributed by atoms with E-state index < -0.39 is 6.04 Å². The molecule has 2 aromatic carbocycles. The molecule has 1 amide bonds. The molecule has 0 saturated carbocycles. The zero-order valence-corrected chi connectivity index (χ0v) is 20.8. The van der Waals surface area contributed by atoms with Gasteiger partial charge in [-0.15, -0.1) is 0 Å². The third kappa shape index (κ3) is 4.73. The molecule has 36 heavy (non-hydrogen) atoms. The number of benzene rings is 2. The Labute approximate surface area is 211 Å². The summed E-state index contributed by atoms with van der Waals surface area (Å²) >= 11 is 0. The molecule has 1 aromatic heterocycles. The zero-order chi connectivity index (χ0) is 25.3. The van der Waals surface area contributed by atoms with E-state index in [0.29, 0.717) is 30.0 Å². The largest absolute Gasteiger partial charge is 0.497 e. The maximum absolute atomic E-state index is 13.7. The van der Waals surface area contributed by atoms with Crippen molar-refractivity contribution < 1.29 is 18.7 Å². The lowest BCUT2D eigenvalue weighted by molar-refractivity contribution is -0.121. The van der Waals surface area contributed by atoms with Gasteiger partial charge in [0.05, 0.1) is 43.9 Å². The van der Waals surface area contributed by atoms with Crippen LogP contribution in [0, 0.1) is 5.41 Å². The molecule has 0 radical (unpaired) electrons. The van der Waals surface area contributed by atoms with Gasteiger partial charge in [0, 0.05) is 17.7 Å². The number of nitrogens with one attached hydrogen (secondary N) is 2. The normalized spacial score (nSPS) is 18.6. The first-order valence-corrected chi connectivity index (χ1v) is 12.2. The van der Waals surface area contributed by atoms with E-state index in [1.807, 2.05) is 59.5 Å². The molecule has 0 bridgehead atoms. The second-order valence-corrected chi connectivity index (χ2v) is 10.1. The third-order valence-corrected chi connectivity index (χ3v) is 6.77. The number of methoxy groups -OCH3 is 1. The van der Waals surface area contributed by atoms with Crippen molar-refractivity contribution in [2.45, 2.75) is 39.3 Å². The number of furan rings is 1. The highest BCUT2D eigenvalue weighted by Crippen LogP contribution is 2.48. The molecule has 1 aliphatic carbocycles. The molecule has 2 aliphatic rings. The van der Waals surface area contributed by atoms with E-state index in [9.17, 15) is 9.59 Å². The fourth-order valence-corrected chi connectivity index (χ4v) is 5.19. The Hall–Kier alpha value is -4.00. The van der Waals surface area contributed by atoms with E-state index in [2.05, 4.69) is 24.5 Å². The number of rotatable bonds is 6. The number of Topliss-reactive ketones (excluding diaryl/α,β-unsaturated/α-hetero) is 1. The van der Waals surface area contributed by atoms with Crippen LogP contribution in [-0.2, 0) is 16.1 Å². The molecule has 0 fully saturated rings. The highest BCUT2D eigenvalue weighted by Gasteiger charge is 2.42. The molecule has 2 N–H and O–H groups in total. The van der Waals surface area contributed by atoms with Crippen molar-refractivity contribution in [1.82, 2.24) is 5.32 Å². The van der Waals surface area contributed by atoms with Crippen LogP contribution < -0.4 is 20.3 Å². The summed E-state index contributed by atoms with van der Waals surface area (Å²) in [7, 11) is 1.63. The average molecular weight is 486 g/mol. The van der Waals surface area contributed by atoms with Crippen molar-refractivity contribution in [2.24, 2.45) is 5.41 Å². The third-order valence-electron chi connectivity index (χ3n) is 6.77. The first-order valence-electron chi connectivity index (χ1n) is 12.2. The van der Waals surface area contributed by atoms with Gasteiger partial charge in [0.1, 0.15) is 11.5 Å². The fraction of sp³-hybridized carbons (Fsp3) is 0.310. The van der Waals surface area contributed by atoms with Crippen LogP contribution >= 0.6 is 0 Å². The number of anilines is 2. The van der Waals surface area contributed by atoms with E-state index in [0.717, 1.165) is 29.1 Å². The lowest BCUT2D eigenvalue weighted by atomic mass is 9.73. The molecule has 7 heteroatoms. The molecule has 3 aromatic rings. The molecule has 1 unspecified atom stereocenters. The van der Waals surface area contributed by atoms with E-state index in [1.54, 1.807) is 19.4 Å². The molecule has 0 saturated heterocycles. The minimum atomic E-state index is -0.454. The van der Waals surface area contributed by atoms with Gasteiger partial charge in [0.25, 0.3) is 0 Å². The summed E-state index contributed by atoms with van der Waals surface area (Å²) in [5.74, 6) is 1.31. The van der Waals surface area contributed by atoms with Crippen LogP contribution in [0.4, 0.5) is 11.4 Å². The summed E-state index contributed by atoms with van der Waals surface area (Å²) in [5.41, 5.74) is 4.09. The number of para-hydroxylation sites is 2. The topological polar surface area (TPSA) is 83.8 Å². The number of carbonyl (C=O) groups excluding carboxylic acids is 2. The predicted octanol–water partition coefficient (Wildman–Crippen LogP) is 5.22. The molecule has 1 atom stereocenters. The minimum Gasteiger partial charge on any atom is -0.497 e. The number of allylic oxidation sites excluding steroid dienone is 1. The first kappa shape index (κ1) is 23.7. The Morgan fingerprint density at radius 1 is 1.14 bits per heavy atom. The van der Waals surface area contributed by atoms with E-state index in [-0.39, 0.29) is 23.7 Å². The Balaban J connectivity index is 1.61. The van der Waals surface area contributed by atoms with E-state index >= 15 is 0 Å². The van der Waals surface area contributed by atoms with Gasteiger partial charge in [0.15, 0.2) is 5.78 Å². The summed E-state index contributed by atoms with van der Waals surface area (Å²) in [6, 6.07) is 18.8. The van der Waals surface area contributed by atoms with Crippen LogP contribution in [-0.4, -0.2) is 25.3 Å². The van der Waals surface area contributed by atoms with Gasteiger partial charge in [0.2, 0.25) is 5.91 Å². The molecule has 1 aliphatic heterocycles. The zero-order valence-electron chi connectivity index (χ0n) is 20.8. The smallest absolute Gasteiger partial charge is 0.239 e. The Morgan fingerprint density at radius 3 is 2.75 bits per heavy atom. The quantitative estimate of drug-likeness (QED) is 0.498. The molecule has 186 valence electrons. The van der Waals surface area contributed by atoms with Crippen molar-refractivity contribution >= 4 is 23.1 Å². The summed E-state index contributed by atoms with van der Waals surface area (Å²) in [6.07, 6.45) is 2.77. The molecule has 7 nitrogen and oxygen atoms in total. The van der Waals surface area contributed by atoms with Crippen LogP contribution in [0.3, 0.4) is 0 Å². The maximum Gasteiger partial charge on any atom is 0.239 e. The van der Waals surface area contributed by atoms with Crippen molar-refractivity contribution in [1.29, 1.82) is 0 Å². The number of amides is 1. The highest BCUT2D eigenvalue weighted by molar-refractivity contribution is 6.01. The molecular formula is C29H31N3O4. The predicted molar refractivity (Wildman–Crippen MR) is 139 cm³/mol. The number of ether oxygens (including phenoxy) is 1.